The molecular weight excluding hydrogens is 761 g/mol. The molecule has 0 fully saturated rings. The quantitative estimate of drug-likeness (QED) is 0.0590. The Morgan fingerprint density at radius 3 is 0.817 bits per heavy atom. The fourth-order valence-electron chi connectivity index (χ4n) is 6.69. The molecule has 1 aromatic rings. The highest BCUT2D eigenvalue weighted by Gasteiger charge is 2.00. The molecule has 0 aliphatic carbocycles. The minimum absolute atomic E-state index is 0.526. The van der Waals surface area contributed by atoms with Crippen LogP contribution in [-0.4, -0.2) is 126 Å². The number of hydrogen-bond donors (Lipinski definition) is 0. The van der Waals surface area contributed by atoms with Crippen molar-refractivity contribution in [3.8, 4) is 5.75 Å². The summed E-state index contributed by atoms with van der Waals surface area (Å²) in [5.41, 5.74) is 1.38. The zero-order valence-electron chi connectivity index (χ0n) is 39.1. The number of hydrogen-bond acceptors (Lipinski definition) is 10. The van der Waals surface area contributed by atoms with Crippen LogP contribution in [0.15, 0.2) is 24.3 Å². The van der Waals surface area contributed by atoms with Crippen LogP contribution in [0.4, 0.5) is 0 Å². The van der Waals surface area contributed by atoms with Crippen molar-refractivity contribution in [1.29, 1.82) is 0 Å². The first-order valence-electron chi connectivity index (χ1n) is 24.8. The summed E-state index contributed by atoms with van der Waals surface area (Å²) in [4.78, 5) is 0. The number of ether oxygens (including phenoxy) is 10. The van der Waals surface area contributed by atoms with Gasteiger partial charge >= 0.3 is 0 Å². The van der Waals surface area contributed by atoms with Gasteiger partial charge in [-0.2, -0.15) is 0 Å². The maximum atomic E-state index is 5.79. The molecule has 1 rings (SSSR count). The van der Waals surface area contributed by atoms with E-state index in [-0.39, 0.29) is 0 Å². The van der Waals surface area contributed by atoms with Crippen LogP contribution in [0.2, 0.25) is 0 Å². The first-order valence-corrected chi connectivity index (χ1v) is 24.8. The van der Waals surface area contributed by atoms with Gasteiger partial charge in [0.15, 0.2) is 0 Å². The van der Waals surface area contributed by atoms with E-state index in [1.165, 1.54) is 140 Å². The minimum Gasteiger partial charge on any atom is -0.491 e. The lowest BCUT2D eigenvalue weighted by Crippen LogP contribution is -2.15. The molecule has 0 amide bonds. The molecule has 10 nitrogen and oxygen atoms in total. The van der Waals surface area contributed by atoms with Crippen LogP contribution >= 0.6 is 0 Å². The summed E-state index contributed by atoms with van der Waals surface area (Å²) in [6.07, 6.45) is 31.3. The maximum Gasteiger partial charge on any atom is 0.119 e. The highest BCUT2D eigenvalue weighted by molar-refractivity contribution is 5.27. The van der Waals surface area contributed by atoms with Crippen molar-refractivity contribution in [2.24, 2.45) is 0 Å². The maximum absolute atomic E-state index is 5.79. The van der Waals surface area contributed by atoms with Crippen LogP contribution in [0.3, 0.4) is 0 Å². The highest BCUT2D eigenvalue weighted by Crippen LogP contribution is 2.16. The largest absolute Gasteiger partial charge is 0.491 e. The standard InChI is InChI=1S/C50H94O10/c1-3-5-7-9-11-12-13-14-15-16-17-18-19-20-22-24-30-51-31-32-52-33-34-53-35-36-54-37-38-55-39-40-56-41-42-57-43-44-58-45-46-59-47-48-60-50-28-26-49(27-29-50)25-23-21-10-8-6-4-2/h26-29H,3-25,30-48H2,1-2H3. The highest BCUT2D eigenvalue weighted by atomic mass is 16.6. The van der Waals surface area contributed by atoms with Gasteiger partial charge in [0.2, 0.25) is 0 Å². The summed E-state index contributed by atoms with van der Waals surface area (Å²) in [7, 11) is 0. The van der Waals surface area contributed by atoms with E-state index in [1.807, 2.05) is 0 Å². The van der Waals surface area contributed by atoms with Crippen LogP contribution in [-0.2, 0) is 49.1 Å². The molecule has 0 aromatic heterocycles. The third-order valence-corrected chi connectivity index (χ3v) is 10.4. The molecule has 60 heavy (non-hydrogen) atoms. The van der Waals surface area contributed by atoms with E-state index in [2.05, 4.69) is 38.1 Å². The van der Waals surface area contributed by atoms with Crippen molar-refractivity contribution in [1.82, 2.24) is 0 Å². The molecule has 0 aliphatic heterocycles. The van der Waals surface area contributed by atoms with Gasteiger partial charge in [0.05, 0.1) is 112 Å². The molecule has 0 saturated heterocycles. The second-order valence-electron chi connectivity index (χ2n) is 15.8. The van der Waals surface area contributed by atoms with E-state index in [1.54, 1.807) is 0 Å². The van der Waals surface area contributed by atoms with E-state index in [0.29, 0.717) is 119 Å². The lowest BCUT2D eigenvalue weighted by atomic mass is 10.0. The van der Waals surface area contributed by atoms with Gasteiger partial charge in [-0.05, 0) is 37.0 Å². The Kier molecular flexibility index (Phi) is 47.5. The van der Waals surface area contributed by atoms with E-state index < -0.39 is 0 Å². The van der Waals surface area contributed by atoms with Crippen LogP contribution in [0, 0.1) is 0 Å². The predicted molar refractivity (Wildman–Crippen MR) is 246 cm³/mol. The third-order valence-electron chi connectivity index (χ3n) is 10.4. The van der Waals surface area contributed by atoms with Crippen LogP contribution < -0.4 is 4.74 Å². The fourth-order valence-corrected chi connectivity index (χ4v) is 6.69. The zero-order valence-corrected chi connectivity index (χ0v) is 39.1. The van der Waals surface area contributed by atoms with Crippen molar-refractivity contribution in [2.45, 2.75) is 162 Å². The minimum atomic E-state index is 0.526. The third kappa shape index (κ3) is 44.7. The molecule has 0 spiro atoms. The summed E-state index contributed by atoms with van der Waals surface area (Å²) in [5, 5.41) is 0. The van der Waals surface area contributed by atoms with E-state index in [4.69, 9.17) is 47.4 Å². The van der Waals surface area contributed by atoms with Gasteiger partial charge in [-0.3, -0.25) is 0 Å². The molecule has 10 heteroatoms. The van der Waals surface area contributed by atoms with Gasteiger partial charge in [0.1, 0.15) is 12.4 Å². The van der Waals surface area contributed by atoms with Crippen molar-refractivity contribution in [2.75, 3.05) is 126 Å². The molecule has 354 valence electrons. The van der Waals surface area contributed by atoms with E-state index in [9.17, 15) is 0 Å². The first kappa shape index (κ1) is 56.7. The Labute approximate surface area is 369 Å². The number of benzene rings is 1. The van der Waals surface area contributed by atoms with Gasteiger partial charge in [-0.15, -0.1) is 0 Å². The normalized spacial score (nSPS) is 11.6. The zero-order chi connectivity index (χ0) is 42.8. The van der Waals surface area contributed by atoms with Crippen LogP contribution in [0.5, 0.6) is 5.75 Å². The molecule has 0 bridgehead atoms. The molecule has 0 radical (unpaired) electrons. The lowest BCUT2D eigenvalue weighted by Gasteiger charge is -2.09. The summed E-state index contributed by atoms with van der Waals surface area (Å²) >= 11 is 0. The Morgan fingerprint density at radius 1 is 0.250 bits per heavy atom. The topological polar surface area (TPSA) is 92.3 Å². The number of rotatable bonds is 52. The van der Waals surface area contributed by atoms with Crippen LogP contribution in [0.25, 0.3) is 0 Å². The molecule has 1 aromatic carbocycles. The lowest BCUT2D eigenvalue weighted by molar-refractivity contribution is -0.0254. The number of aryl methyl sites for hydroxylation is 1. The molecule has 0 saturated carbocycles. The van der Waals surface area contributed by atoms with E-state index in [0.717, 1.165) is 25.2 Å². The smallest absolute Gasteiger partial charge is 0.119 e. The van der Waals surface area contributed by atoms with Gasteiger partial charge in [0.25, 0.3) is 0 Å². The second kappa shape index (κ2) is 50.3. The summed E-state index contributed by atoms with van der Waals surface area (Å²) in [5.74, 6) is 0.891. The SMILES string of the molecule is CCCCCCCCCCCCCCCCCCOCCOCCOCCOCCOCCOCCOCCOCCOCCOc1ccc(CCCCCCCC)cc1. The van der Waals surface area contributed by atoms with Gasteiger partial charge in [0, 0.05) is 6.61 Å². The molecule has 0 heterocycles. The fraction of sp³-hybridized carbons (Fsp3) is 0.880. The molecule has 0 N–H and O–H groups in total. The van der Waals surface area contributed by atoms with Gasteiger partial charge < -0.3 is 47.4 Å². The first-order chi connectivity index (χ1) is 29.9. The molecule has 0 atom stereocenters. The average molecular weight is 855 g/mol. The summed E-state index contributed by atoms with van der Waals surface area (Å²) in [6, 6.07) is 8.46. The van der Waals surface area contributed by atoms with Crippen LogP contribution in [0.1, 0.15) is 161 Å². The second-order valence-corrected chi connectivity index (χ2v) is 15.8. The molecule has 0 aliphatic rings. The Bertz CT molecular complexity index is 921. The van der Waals surface area contributed by atoms with E-state index >= 15 is 0 Å². The monoisotopic (exact) mass is 855 g/mol. The average Bonchev–Trinajstić information content (AvgIpc) is 3.26. The Hall–Kier alpha value is -1.34. The van der Waals surface area contributed by atoms with Crippen molar-refractivity contribution in [3.05, 3.63) is 29.8 Å². The number of unbranched alkanes of at least 4 members (excludes halogenated alkanes) is 20. The Balaban J connectivity index is 1.65. The van der Waals surface area contributed by atoms with Gasteiger partial charge in [-0.25, -0.2) is 0 Å². The predicted octanol–water partition coefficient (Wildman–Crippen LogP) is 11.4. The summed E-state index contributed by atoms with van der Waals surface area (Å²) in [6.45, 7) is 15.3. The molecule has 0 unspecified atom stereocenters. The molecular formula is C50H94O10. The van der Waals surface area contributed by atoms with Crippen molar-refractivity contribution >= 4 is 0 Å². The Morgan fingerprint density at radius 2 is 0.500 bits per heavy atom. The van der Waals surface area contributed by atoms with Crippen molar-refractivity contribution in [3.63, 3.8) is 0 Å². The van der Waals surface area contributed by atoms with Gasteiger partial charge in [-0.1, -0.05) is 154 Å². The van der Waals surface area contributed by atoms with Crippen molar-refractivity contribution < 1.29 is 47.4 Å². The summed E-state index contributed by atoms with van der Waals surface area (Å²) < 4.78 is 56.0.